The predicted octanol–water partition coefficient (Wildman–Crippen LogP) is 1.81. The summed E-state index contributed by atoms with van der Waals surface area (Å²) >= 11 is 0. The third kappa shape index (κ3) is 2.00. The van der Waals surface area contributed by atoms with E-state index in [0.29, 0.717) is 18.1 Å². The summed E-state index contributed by atoms with van der Waals surface area (Å²) in [4.78, 5) is 0. The van der Waals surface area contributed by atoms with Gasteiger partial charge in [-0.2, -0.15) is 0 Å². The molecule has 3 nitrogen and oxygen atoms in total. The van der Waals surface area contributed by atoms with E-state index in [1.165, 1.54) is 18.4 Å². The monoisotopic (exact) mass is 258 g/mol. The van der Waals surface area contributed by atoms with Crippen LogP contribution in [0.4, 0.5) is 0 Å². The van der Waals surface area contributed by atoms with Crippen LogP contribution in [-0.2, 0) is 4.74 Å². The van der Waals surface area contributed by atoms with Gasteiger partial charge in [-0.05, 0) is 29.9 Å². The molecule has 1 aliphatic carbocycles. The Hall–Kier alpha value is -0.900. The highest BCUT2D eigenvalue weighted by molar-refractivity contribution is 5.41. The number of nitrogens with one attached hydrogen (secondary N) is 2. The highest BCUT2D eigenvalue weighted by Gasteiger charge is 2.42. The molecule has 2 saturated heterocycles. The maximum absolute atomic E-state index is 5.73. The average Bonchev–Trinajstić information content (AvgIpc) is 3.14. The van der Waals surface area contributed by atoms with E-state index in [0.717, 1.165) is 32.2 Å². The van der Waals surface area contributed by atoms with Crippen LogP contribution >= 0.6 is 0 Å². The zero-order chi connectivity index (χ0) is 12.7. The summed E-state index contributed by atoms with van der Waals surface area (Å²) in [6, 6.07) is 9.49. The molecule has 0 bridgehead atoms. The van der Waals surface area contributed by atoms with Crippen LogP contribution < -0.4 is 10.6 Å². The van der Waals surface area contributed by atoms with Gasteiger partial charge in [0.2, 0.25) is 0 Å². The van der Waals surface area contributed by atoms with Crippen molar-refractivity contribution in [3.8, 4) is 0 Å². The molecule has 2 heterocycles. The minimum absolute atomic E-state index is 0.431. The Balaban J connectivity index is 1.53. The number of fused-ring (bicyclic) bond motifs is 3. The first-order chi connectivity index (χ1) is 9.43. The second-order valence-electron chi connectivity index (χ2n) is 6.08. The van der Waals surface area contributed by atoms with Crippen LogP contribution in [0.3, 0.4) is 0 Å². The lowest BCUT2D eigenvalue weighted by atomic mass is 9.94. The highest BCUT2D eigenvalue weighted by Crippen LogP contribution is 2.46. The lowest BCUT2D eigenvalue weighted by Crippen LogP contribution is -2.33. The van der Waals surface area contributed by atoms with E-state index < -0.39 is 0 Å². The second-order valence-corrected chi connectivity index (χ2v) is 6.08. The molecule has 3 heteroatoms. The van der Waals surface area contributed by atoms with Crippen molar-refractivity contribution in [2.75, 3.05) is 26.2 Å². The summed E-state index contributed by atoms with van der Waals surface area (Å²) in [5.74, 6) is 1.43. The summed E-state index contributed by atoms with van der Waals surface area (Å²) in [7, 11) is 0. The Morgan fingerprint density at radius 2 is 2.11 bits per heavy atom. The van der Waals surface area contributed by atoms with E-state index >= 15 is 0 Å². The van der Waals surface area contributed by atoms with Gasteiger partial charge in [0, 0.05) is 38.2 Å². The fraction of sp³-hybridized carbons (Fsp3) is 0.625. The van der Waals surface area contributed by atoms with Gasteiger partial charge in [-0.15, -0.1) is 0 Å². The molecule has 102 valence electrons. The molecular weight excluding hydrogens is 236 g/mol. The molecule has 2 N–H and O–H groups in total. The zero-order valence-corrected chi connectivity index (χ0v) is 11.3. The van der Waals surface area contributed by atoms with Gasteiger partial charge in [-0.3, -0.25) is 0 Å². The number of rotatable bonds is 3. The largest absolute Gasteiger partial charge is 0.377 e. The summed E-state index contributed by atoms with van der Waals surface area (Å²) in [6.45, 7) is 4.23. The van der Waals surface area contributed by atoms with E-state index in [1.807, 2.05) is 0 Å². The van der Waals surface area contributed by atoms with Crippen LogP contribution in [0.1, 0.15) is 35.9 Å². The van der Waals surface area contributed by atoms with Crippen molar-refractivity contribution < 1.29 is 4.74 Å². The first kappa shape index (κ1) is 11.9. The van der Waals surface area contributed by atoms with Crippen molar-refractivity contribution in [3.63, 3.8) is 0 Å². The van der Waals surface area contributed by atoms with Gasteiger partial charge in [0.1, 0.15) is 0 Å². The Bertz CT molecular complexity index is 456. The molecule has 0 spiro atoms. The topological polar surface area (TPSA) is 33.3 Å². The third-order valence-corrected chi connectivity index (χ3v) is 5.01. The van der Waals surface area contributed by atoms with Gasteiger partial charge < -0.3 is 15.4 Å². The Morgan fingerprint density at radius 1 is 1.21 bits per heavy atom. The van der Waals surface area contributed by atoms with Crippen molar-refractivity contribution in [2.24, 2.45) is 5.92 Å². The van der Waals surface area contributed by atoms with Gasteiger partial charge in [-0.25, -0.2) is 0 Å². The zero-order valence-electron chi connectivity index (χ0n) is 11.3. The van der Waals surface area contributed by atoms with Crippen LogP contribution in [0.2, 0.25) is 0 Å². The van der Waals surface area contributed by atoms with E-state index in [1.54, 1.807) is 5.56 Å². The number of ether oxygens (including phenoxy) is 1. The molecule has 2 aliphatic heterocycles. The van der Waals surface area contributed by atoms with Gasteiger partial charge in [-0.1, -0.05) is 24.3 Å². The van der Waals surface area contributed by atoms with Crippen molar-refractivity contribution in [3.05, 3.63) is 35.4 Å². The molecule has 0 saturated carbocycles. The maximum Gasteiger partial charge on any atom is 0.0700 e. The van der Waals surface area contributed by atoms with Gasteiger partial charge in [0.25, 0.3) is 0 Å². The van der Waals surface area contributed by atoms with E-state index in [2.05, 4.69) is 34.9 Å². The van der Waals surface area contributed by atoms with Crippen LogP contribution in [0.5, 0.6) is 0 Å². The highest BCUT2D eigenvalue weighted by atomic mass is 16.5. The summed E-state index contributed by atoms with van der Waals surface area (Å²) in [5.41, 5.74) is 3.08. The molecule has 1 aromatic rings. The molecular formula is C16H22N2O. The lowest BCUT2D eigenvalue weighted by Gasteiger charge is -2.22. The van der Waals surface area contributed by atoms with E-state index in [-0.39, 0.29) is 0 Å². The fourth-order valence-electron chi connectivity index (χ4n) is 4.08. The number of hydrogen-bond acceptors (Lipinski definition) is 3. The van der Waals surface area contributed by atoms with Crippen molar-refractivity contribution in [1.29, 1.82) is 0 Å². The quantitative estimate of drug-likeness (QED) is 0.867. The predicted molar refractivity (Wildman–Crippen MR) is 75.3 cm³/mol. The minimum Gasteiger partial charge on any atom is -0.377 e. The van der Waals surface area contributed by atoms with Gasteiger partial charge in [0.05, 0.1) is 6.10 Å². The number of benzene rings is 1. The molecule has 4 atom stereocenters. The fourth-order valence-corrected chi connectivity index (χ4v) is 4.08. The Kier molecular flexibility index (Phi) is 3.06. The second kappa shape index (κ2) is 4.89. The summed E-state index contributed by atoms with van der Waals surface area (Å²) < 4.78 is 5.73. The van der Waals surface area contributed by atoms with Crippen molar-refractivity contribution in [1.82, 2.24) is 10.6 Å². The molecule has 2 fully saturated rings. The standard InChI is InChI=1S/C16H22N2O/c1-2-6-13-12(5-1)14-9-17-10-15(14)16(13)18-8-11-4-3-7-19-11/h1-2,5-6,11,14-18H,3-4,7-10H2/t11-,14-,15-,16+/m0/s1. The van der Waals surface area contributed by atoms with E-state index in [4.69, 9.17) is 4.74 Å². The average molecular weight is 258 g/mol. The molecule has 4 rings (SSSR count). The SMILES string of the molecule is c1ccc2c(c1)[C@@H](NC[C@@H]1CCCO1)[C@H]1CNC[C@@H]21. The summed E-state index contributed by atoms with van der Waals surface area (Å²) in [6.07, 6.45) is 2.87. The molecule has 19 heavy (non-hydrogen) atoms. The maximum atomic E-state index is 5.73. The molecule has 0 radical (unpaired) electrons. The first-order valence-corrected chi connectivity index (χ1v) is 7.58. The van der Waals surface area contributed by atoms with Crippen LogP contribution in [-0.4, -0.2) is 32.3 Å². The number of hydrogen-bond donors (Lipinski definition) is 2. The first-order valence-electron chi connectivity index (χ1n) is 7.58. The molecule has 0 amide bonds. The van der Waals surface area contributed by atoms with Crippen LogP contribution in [0.15, 0.2) is 24.3 Å². The van der Waals surface area contributed by atoms with Crippen molar-refractivity contribution >= 4 is 0 Å². The Morgan fingerprint density at radius 3 is 2.95 bits per heavy atom. The summed E-state index contributed by atoms with van der Waals surface area (Å²) in [5, 5.41) is 7.34. The van der Waals surface area contributed by atoms with Gasteiger partial charge >= 0.3 is 0 Å². The molecule has 3 aliphatic rings. The van der Waals surface area contributed by atoms with Crippen molar-refractivity contribution in [2.45, 2.75) is 30.9 Å². The normalized spacial score (nSPS) is 36.4. The molecule has 0 unspecified atom stereocenters. The minimum atomic E-state index is 0.431. The Labute approximate surface area is 114 Å². The van der Waals surface area contributed by atoms with Crippen LogP contribution in [0.25, 0.3) is 0 Å². The third-order valence-electron chi connectivity index (χ3n) is 5.01. The van der Waals surface area contributed by atoms with E-state index in [9.17, 15) is 0 Å². The van der Waals surface area contributed by atoms with Gasteiger partial charge in [0.15, 0.2) is 0 Å². The molecule has 0 aromatic heterocycles. The smallest absolute Gasteiger partial charge is 0.0700 e. The lowest BCUT2D eigenvalue weighted by molar-refractivity contribution is 0.105. The molecule has 1 aromatic carbocycles. The van der Waals surface area contributed by atoms with Crippen LogP contribution in [0, 0.1) is 5.92 Å².